The van der Waals surface area contributed by atoms with E-state index in [1.54, 1.807) is 0 Å². The summed E-state index contributed by atoms with van der Waals surface area (Å²) in [5.41, 5.74) is 0. The van der Waals surface area contributed by atoms with Crippen molar-refractivity contribution < 1.29 is 42.1 Å². The van der Waals surface area contributed by atoms with Crippen LogP contribution in [-0.4, -0.2) is 70.0 Å². The van der Waals surface area contributed by atoms with E-state index in [1.807, 2.05) is 33.3 Å². The standard InChI is InChI=1S/C60H102NO8P/c1-6-8-10-12-14-16-18-20-21-22-23-24-25-26-27-28-29-30-31-32-33-34-35-36-37-38-39-41-43-45-47-49-51-53-60(63)69-58(57-68-70(64,65)67-55-54-61(3,4)5)56-66-59(62)52-50-48-46-44-42-40-19-17-15-13-11-9-7-2/h8-11,14-17,20-21,23-24,26-27,40,42,46,48,58H,6-7,12-13,18-19,22,25,28-39,41,43-45,47,49-57H2,1-5H3/b10-8-,11-9-,16-14-,17-15-,21-20-,24-23-,27-26-,42-40-,48-46-. The smallest absolute Gasteiger partial charge is 0.306 e. The van der Waals surface area contributed by atoms with Crippen LogP contribution in [0.1, 0.15) is 206 Å². The fourth-order valence-corrected chi connectivity index (χ4v) is 7.84. The molecule has 0 aromatic carbocycles. The SMILES string of the molecule is CC/C=C\C/C=C\C/C=C\C/C=C\C/C=C\CCCCCCCCCCCCCCCCCCCC(=O)OC(COC(=O)CC/C=C\C/C=C\C/C=C\C/C=C\CC)COP(=O)([O-])OCC[N+](C)(C)C. The van der Waals surface area contributed by atoms with Gasteiger partial charge in [0.05, 0.1) is 27.7 Å². The molecule has 0 aromatic heterocycles. The van der Waals surface area contributed by atoms with Gasteiger partial charge in [0.1, 0.15) is 19.8 Å². The zero-order valence-corrected chi connectivity index (χ0v) is 46.1. The second-order valence-corrected chi connectivity index (χ2v) is 20.6. The summed E-state index contributed by atoms with van der Waals surface area (Å²) < 4.78 is 33.9. The fourth-order valence-electron chi connectivity index (χ4n) is 7.11. The van der Waals surface area contributed by atoms with Crippen LogP contribution in [0.2, 0.25) is 0 Å². The van der Waals surface area contributed by atoms with Crippen molar-refractivity contribution in [2.45, 2.75) is 213 Å². The van der Waals surface area contributed by atoms with Crippen LogP contribution < -0.4 is 4.89 Å². The summed E-state index contributed by atoms with van der Waals surface area (Å²) in [5.74, 6) is -0.932. The van der Waals surface area contributed by atoms with Gasteiger partial charge < -0.3 is 27.9 Å². The van der Waals surface area contributed by atoms with Gasteiger partial charge in [0.15, 0.2) is 6.10 Å². The quantitative estimate of drug-likeness (QED) is 0.0195. The minimum Gasteiger partial charge on any atom is -0.756 e. The minimum absolute atomic E-state index is 0.0453. The first-order chi connectivity index (χ1) is 34.0. The van der Waals surface area contributed by atoms with E-state index in [9.17, 15) is 19.0 Å². The summed E-state index contributed by atoms with van der Waals surface area (Å²) in [4.78, 5) is 37.7. The molecule has 0 radical (unpaired) electrons. The van der Waals surface area contributed by atoms with Crippen LogP contribution in [0.3, 0.4) is 0 Å². The van der Waals surface area contributed by atoms with E-state index in [-0.39, 0.29) is 26.1 Å². The van der Waals surface area contributed by atoms with E-state index in [2.05, 4.69) is 111 Å². The molecular formula is C60H102NO8P. The van der Waals surface area contributed by atoms with Crippen LogP contribution >= 0.6 is 7.82 Å². The molecule has 2 unspecified atom stereocenters. The van der Waals surface area contributed by atoms with E-state index >= 15 is 0 Å². The summed E-state index contributed by atoms with van der Waals surface area (Å²) in [5, 5.41) is 0. The largest absolute Gasteiger partial charge is 0.756 e. The molecule has 0 bridgehead atoms. The molecule has 70 heavy (non-hydrogen) atoms. The van der Waals surface area contributed by atoms with Gasteiger partial charge in [-0.2, -0.15) is 0 Å². The van der Waals surface area contributed by atoms with Crippen LogP contribution in [-0.2, 0) is 32.7 Å². The van der Waals surface area contributed by atoms with E-state index in [1.165, 1.54) is 89.9 Å². The average Bonchev–Trinajstić information content (AvgIpc) is 3.32. The number of esters is 2. The molecule has 400 valence electrons. The Morgan fingerprint density at radius 3 is 1.20 bits per heavy atom. The number of unbranched alkanes of at least 4 members (excludes halogenated alkanes) is 17. The molecule has 9 nitrogen and oxygen atoms in total. The molecule has 0 aliphatic heterocycles. The number of allylic oxidation sites excluding steroid dienone is 18. The van der Waals surface area contributed by atoms with Crippen LogP contribution in [0.5, 0.6) is 0 Å². The molecule has 0 amide bonds. The normalized spacial score (nSPS) is 14.2. The third kappa shape index (κ3) is 54.0. The molecule has 0 rings (SSSR count). The number of rotatable bonds is 49. The van der Waals surface area contributed by atoms with E-state index in [4.69, 9.17) is 18.5 Å². The number of carbonyl (C=O) groups excluding carboxylic acids is 2. The lowest BCUT2D eigenvalue weighted by Crippen LogP contribution is -2.37. The maximum Gasteiger partial charge on any atom is 0.306 e. The van der Waals surface area contributed by atoms with Crippen LogP contribution in [0.15, 0.2) is 109 Å². The lowest BCUT2D eigenvalue weighted by Gasteiger charge is -2.28. The molecule has 0 spiro atoms. The summed E-state index contributed by atoms with van der Waals surface area (Å²) in [6.45, 7) is 3.91. The highest BCUT2D eigenvalue weighted by Crippen LogP contribution is 2.38. The minimum atomic E-state index is -4.65. The van der Waals surface area contributed by atoms with Crippen molar-refractivity contribution in [2.75, 3.05) is 47.5 Å². The Hall–Kier alpha value is -3.33. The Labute approximate surface area is 429 Å². The number of nitrogens with zero attached hydrogens (tertiary/aromatic N) is 1. The number of phosphoric acid groups is 1. The number of carbonyl (C=O) groups is 2. The number of likely N-dealkylation sites (N-methyl/N-ethyl adjacent to an activating group) is 1. The molecule has 0 saturated carbocycles. The molecule has 0 aliphatic carbocycles. The Morgan fingerprint density at radius 2 is 0.800 bits per heavy atom. The second kappa shape index (κ2) is 50.6. The van der Waals surface area contributed by atoms with Gasteiger partial charge >= 0.3 is 11.9 Å². The zero-order chi connectivity index (χ0) is 51.3. The predicted octanol–water partition coefficient (Wildman–Crippen LogP) is 16.4. The van der Waals surface area contributed by atoms with Crippen molar-refractivity contribution in [3.05, 3.63) is 109 Å². The summed E-state index contributed by atoms with van der Waals surface area (Å²) in [6, 6.07) is 0. The third-order valence-electron chi connectivity index (χ3n) is 11.3. The van der Waals surface area contributed by atoms with E-state index in [0.717, 1.165) is 77.0 Å². The summed E-state index contributed by atoms with van der Waals surface area (Å²) in [6.07, 6.45) is 70.3. The average molecular weight is 996 g/mol. The Kier molecular flexibility index (Phi) is 48.2. The predicted molar refractivity (Wildman–Crippen MR) is 295 cm³/mol. The van der Waals surface area contributed by atoms with Gasteiger partial charge in [0.2, 0.25) is 0 Å². The Balaban J connectivity index is 4.10. The first-order valence-electron chi connectivity index (χ1n) is 27.6. The van der Waals surface area contributed by atoms with Gasteiger partial charge in [-0.25, -0.2) is 0 Å². The number of hydrogen-bond donors (Lipinski definition) is 0. The molecule has 0 heterocycles. The number of ether oxygens (including phenoxy) is 2. The van der Waals surface area contributed by atoms with Crippen molar-refractivity contribution in [1.29, 1.82) is 0 Å². The topological polar surface area (TPSA) is 111 Å². The van der Waals surface area contributed by atoms with Crippen LogP contribution in [0, 0.1) is 0 Å². The Bertz CT molecular complexity index is 1550. The molecule has 0 saturated heterocycles. The molecule has 0 aliphatic rings. The van der Waals surface area contributed by atoms with Crippen molar-refractivity contribution in [3.63, 3.8) is 0 Å². The van der Waals surface area contributed by atoms with Gasteiger partial charge in [0.25, 0.3) is 7.82 Å². The first kappa shape index (κ1) is 66.7. The van der Waals surface area contributed by atoms with Crippen LogP contribution in [0.4, 0.5) is 0 Å². The maximum atomic E-state index is 12.8. The van der Waals surface area contributed by atoms with Crippen LogP contribution in [0.25, 0.3) is 0 Å². The van der Waals surface area contributed by atoms with Gasteiger partial charge in [-0.15, -0.1) is 0 Å². The number of phosphoric ester groups is 1. The van der Waals surface area contributed by atoms with Crippen molar-refractivity contribution >= 4 is 19.8 Å². The third-order valence-corrected chi connectivity index (χ3v) is 12.3. The lowest BCUT2D eigenvalue weighted by molar-refractivity contribution is -0.870. The zero-order valence-electron chi connectivity index (χ0n) is 45.2. The van der Waals surface area contributed by atoms with Crippen molar-refractivity contribution in [1.82, 2.24) is 0 Å². The highest BCUT2D eigenvalue weighted by Gasteiger charge is 2.21. The molecule has 0 N–H and O–H groups in total. The maximum absolute atomic E-state index is 12.8. The number of hydrogen-bond acceptors (Lipinski definition) is 8. The fraction of sp³-hybridized carbons (Fsp3) is 0.667. The summed E-state index contributed by atoms with van der Waals surface area (Å²) in [7, 11) is 1.12. The molecule has 0 fully saturated rings. The Morgan fingerprint density at radius 1 is 0.443 bits per heavy atom. The van der Waals surface area contributed by atoms with E-state index in [0.29, 0.717) is 23.9 Å². The highest BCUT2D eigenvalue weighted by molar-refractivity contribution is 7.45. The van der Waals surface area contributed by atoms with Gasteiger partial charge in [-0.3, -0.25) is 14.2 Å². The number of quaternary nitrogens is 1. The van der Waals surface area contributed by atoms with Crippen molar-refractivity contribution in [3.8, 4) is 0 Å². The first-order valence-corrected chi connectivity index (χ1v) is 29.1. The lowest BCUT2D eigenvalue weighted by atomic mass is 10.0. The monoisotopic (exact) mass is 996 g/mol. The second-order valence-electron chi connectivity index (χ2n) is 19.2. The van der Waals surface area contributed by atoms with E-state index < -0.39 is 32.5 Å². The highest BCUT2D eigenvalue weighted by atomic mass is 31.2. The molecule has 2 atom stereocenters. The molecule has 10 heteroatoms. The van der Waals surface area contributed by atoms with Gasteiger partial charge in [0, 0.05) is 12.8 Å². The van der Waals surface area contributed by atoms with Gasteiger partial charge in [-0.05, 0) is 83.5 Å². The van der Waals surface area contributed by atoms with Gasteiger partial charge in [-0.1, -0.05) is 220 Å². The summed E-state index contributed by atoms with van der Waals surface area (Å²) >= 11 is 0. The molecule has 0 aromatic rings. The molecular weight excluding hydrogens is 894 g/mol. The van der Waals surface area contributed by atoms with Crippen molar-refractivity contribution in [2.24, 2.45) is 0 Å².